The predicted molar refractivity (Wildman–Crippen MR) is 45.9 cm³/mol. The molecule has 0 radical (unpaired) electrons. The molecule has 0 aliphatic carbocycles. The number of hydrogen-bond donors (Lipinski definition) is 0. The first-order valence-corrected chi connectivity index (χ1v) is 3.52. The van der Waals surface area contributed by atoms with Crippen LogP contribution in [-0.4, -0.2) is 7.11 Å². The minimum absolute atomic E-state index is 0.333. The van der Waals surface area contributed by atoms with Crippen molar-refractivity contribution in [2.75, 3.05) is 7.11 Å². The van der Waals surface area contributed by atoms with Crippen molar-refractivity contribution in [2.24, 2.45) is 10.4 Å². The zero-order valence-corrected chi connectivity index (χ0v) is 7.08. The molecule has 0 aliphatic rings. The summed E-state index contributed by atoms with van der Waals surface area (Å²) in [7, 11) is 1.48. The largest absolute Gasteiger partial charge is 0.775 e. The Kier molecular flexibility index (Phi) is 2.88. The lowest BCUT2D eigenvalue weighted by Crippen LogP contribution is -1.82. The van der Waals surface area contributed by atoms with E-state index in [-0.39, 0.29) is 0 Å². The van der Waals surface area contributed by atoms with Crippen LogP contribution in [0, 0.1) is 5.21 Å². The Bertz CT molecular complexity index is 301. The molecule has 0 saturated carbocycles. The van der Waals surface area contributed by atoms with Crippen LogP contribution in [0.1, 0.15) is 0 Å². The number of benzene rings is 1. The molecule has 0 bridgehead atoms. The molecular weight excluding hydrogens is 180 g/mol. The quantitative estimate of drug-likeness (QED) is 0.525. The van der Waals surface area contributed by atoms with Crippen LogP contribution < -0.4 is 4.74 Å². The van der Waals surface area contributed by atoms with E-state index in [1.54, 1.807) is 12.1 Å². The fraction of sp³-hybridized carbons (Fsp3) is 0.143. The second-order valence-electron chi connectivity index (χ2n) is 2.00. The van der Waals surface area contributed by atoms with E-state index in [2.05, 4.69) is 10.4 Å². The lowest BCUT2D eigenvalue weighted by Gasteiger charge is -2.03. The summed E-state index contributed by atoms with van der Waals surface area (Å²) in [5.41, 5.74) is 0.333. The van der Waals surface area contributed by atoms with E-state index in [0.717, 1.165) is 0 Å². The molecule has 0 unspecified atom stereocenters. The molecule has 1 rings (SSSR count). The molecule has 0 atom stereocenters. The highest BCUT2D eigenvalue weighted by Gasteiger charge is 2.00. The molecule has 0 fully saturated rings. The molecule has 0 N–H and O–H groups in total. The summed E-state index contributed by atoms with van der Waals surface area (Å²) < 4.78 is 4.90. The number of halogens is 1. The minimum atomic E-state index is 0.333. The van der Waals surface area contributed by atoms with E-state index in [4.69, 9.17) is 16.3 Å². The molecule has 64 valence electrons. The third kappa shape index (κ3) is 1.85. The molecule has 1 aromatic carbocycles. The Hall–Kier alpha value is -1.29. The predicted octanol–water partition coefficient (Wildman–Crippen LogP) is 2.93. The first-order chi connectivity index (χ1) is 5.77. The minimum Gasteiger partial charge on any atom is -0.775 e. The summed E-state index contributed by atoms with van der Waals surface area (Å²) in [6.45, 7) is 0. The maximum absolute atomic E-state index is 9.84. The average molecular weight is 186 g/mol. The fourth-order valence-corrected chi connectivity index (χ4v) is 0.952. The maximum Gasteiger partial charge on any atom is 0.146 e. The van der Waals surface area contributed by atoms with Crippen LogP contribution in [0.15, 0.2) is 28.6 Å². The zero-order chi connectivity index (χ0) is 8.97. The summed E-state index contributed by atoms with van der Waals surface area (Å²) in [6, 6.07) is 4.76. The van der Waals surface area contributed by atoms with E-state index in [9.17, 15) is 5.21 Å². The normalized spacial score (nSPS) is 10.5. The third-order valence-electron chi connectivity index (χ3n) is 1.29. The van der Waals surface area contributed by atoms with E-state index >= 15 is 0 Å². The van der Waals surface area contributed by atoms with Crippen molar-refractivity contribution in [3.63, 3.8) is 0 Å². The van der Waals surface area contributed by atoms with Crippen LogP contribution in [-0.2, 0) is 0 Å². The second-order valence-corrected chi connectivity index (χ2v) is 2.43. The highest BCUT2D eigenvalue weighted by Crippen LogP contribution is 2.30. The molecular formula is C7H6ClN2O2-. The summed E-state index contributed by atoms with van der Waals surface area (Å²) in [5, 5.41) is 16.0. The highest BCUT2D eigenvalue weighted by atomic mass is 35.5. The molecule has 4 nitrogen and oxygen atoms in total. The van der Waals surface area contributed by atoms with Crippen LogP contribution in [0.2, 0.25) is 5.02 Å². The van der Waals surface area contributed by atoms with Crippen LogP contribution in [0.5, 0.6) is 5.75 Å². The van der Waals surface area contributed by atoms with Crippen LogP contribution in [0.4, 0.5) is 5.69 Å². The smallest absolute Gasteiger partial charge is 0.146 e. The van der Waals surface area contributed by atoms with Gasteiger partial charge >= 0.3 is 0 Å². The summed E-state index contributed by atoms with van der Waals surface area (Å²) in [6.07, 6.45) is 0. The van der Waals surface area contributed by atoms with Gasteiger partial charge in [0.15, 0.2) is 0 Å². The van der Waals surface area contributed by atoms with Gasteiger partial charge in [0.1, 0.15) is 11.4 Å². The highest BCUT2D eigenvalue weighted by molar-refractivity contribution is 6.30. The lowest BCUT2D eigenvalue weighted by molar-refractivity contribution is 0.416. The summed E-state index contributed by atoms with van der Waals surface area (Å²) in [4.78, 5) is 0. The van der Waals surface area contributed by atoms with Crippen LogP contribution in [0.25, 0.3) is 0 Å². The first-order valence-electron chi connectivity index (χ1n) is 3.15. The second kappa shape index (κ2) is 3.92. The van der Waals surface area contributed by atoms with Gasteiger partial charge in [-0.05, 0) is 18.2 Å². The van der Waals surface area contributed by atoms with Gasteiger partial charge in [-0.1, -0.05) is 11.6 Å². The van der Waals surface area contributed by atoms with Gasteiger partial charge in [-0.25, -0.2) is 5.28 Å². The monoisotopic (exact) mass is 185 g/mol. The number of hydrogen-bond acceptors (Lipinski definition) is 4. The van der Waals surface area contributed by atoms with Gasteiger partial charge in [-0.2, -0.15) is 5.11 Å². The van der Waals surface area contributed by atoms with E-state index in [1.165, 1.54) is 13.2 Å². The molecule has 0 saturated heterocycles. The molecule has 0 heterocycles. The van der Waals surface area contributed by atoms with E-state index < -0.39 is 0 Å². The standard InChI is InChI=1S/C7H7ClN2O2/c1-12-7-3-2-5(8)4-6(7)9-10-11/h2-4H,1H3,(H,9,11)/p-1. The third-order valence-corrected chi connectivity index (χ3v) is 1.52. The lowest BCUT2D eigenvalue weighted by atomic mass is 10.3. The zero-order valence-electron chi connectivity index (χ0n) is 6.32. The number of nitrogens with zero attached hydrogens (tertiary/aromatic N) is 2. The molecule has 0 spiro atoms. The molecule has 1 aromatic rings. The fourth-order valence-electron chi connectivity index (χ4n) is 0.785. The Labute approximate surface area is 74.4 Å². The van der Waals surface area contributed by atoms with E-state index in [0.29, 0.717) is 16.5 Å². The Morgan fingerprint density at radius 3 is 2.83 bits per heavy atom. The molecule has 0 aromatic heterocycles. The number of rotatable bonds is 2. The van der Waals surface area contributed by atoms with Crippen LogP contribution >= 0.6 is 11.6 Å². The SMILES string of the molecule is COc1ccc(Cl)cc1N=N[O-]. The topological polar surface area (TPSA) is 57.0 Å². The van der Waals surface area contributed by atoms with Crippen molar-refractivity contribution < 1.29 is 4.74 Å². The van der Waals surface area contributed by atoms with Crippen molar-refractivity contribution in [3.8, 4) is 5.75 Å². The molecule has 0 aliphatic heterocycles. The maximum atomic E-state index is 9.84. The summed E-state index contributed by atoms with van der Waals surface area (Å²) >= 11 is 5.65. The van der Waals surface area contributed by atoms with Gasteiger partial charge in [0, 0.05) is 5.02 Å². The summed E-state index contributed by atoms with van der Waals surface area (Å²) in [5.74, 6) is 0.471. The molecule has 5 heteroatoms. The Morgan fingerprint density at radius 1 is 1.50 bits per heavy atom. The van der Waals surface area contributed by atoms with Gasteiger partial charge in [0.25, 0.3) is 0 Å². The van der Waals surface area contributed by atoms with Gasteiger partial charge in [-0.15, -0.1) is 0 Å². The Morgan fingerprint density at radius 2 is 2.25 bits per heavy atom. The number of methoxy groups -OCH3 is 1. The van der Waals surface area contributed by atoms with E-state index in [1.807, 2.05) is 0 Å². The van der Waals surface area contributed by atoms with Crippen molar-refractivity contribution >= 4 is 17.3 Å². The van der Waals surface area contributed by atoms with Gasteiger partial charge in [0.2, 0.25) is 0 Å². The average Bonchev–Trinajstić information content (AvgIpc) is 2.05. The van der Waals surface area contributed by atoms with Crippen molar-refractivity contribution in [1.82, 2.24) is 0 Å². The Balaban J connectivity index is 3.12. The van der Waals surface area contributed by atoms with Crippen LogP contribution in [0.3, 0.4) is 0 Å². The van der Waals surface area contributed by atoms with Gasteiger partial charge in [0.05, 0.1) is 7.11 Å². The van der Waals surface area contributed by atoms with Crippen molar-refractivity contribution in [1.29, 1.82) is 0 Å². The first kappa shape index (κ1) is 8.80. The van der Waals surface area contributed by atoms with Gasteiger partial charge < -0.3 is 9.94 Å². The van der Waals surface area contributed by atoms with Crippen molar-refractivity contribution in [3.05, 3.63) is 28.4 Å². The van der Waals surface area contributed by atoms with Crippen molar-refractivity contribution in [2.45, 2.75) is 0 Å². The van der Waals surface area contributed by atoms with Gasteiger partial charge in [-0.3, -0.25) is 0 Å². The molecule has 0 amide bonds. The number of ether oxygens (including phenoxy) is 1. The molecule has 12 heavy (non-hydrogen) atoms.